The number of aryl methyl sites for hydroxylation is 1. The molecule has 0 saturated carbocycles. The van der Waals surface area contributed by atoms with Crippen LogP contribution in [0.25, 0.3) is 10.2 Å². The third-order valence-electron chi connectivity index (χ3n) is 4.05. The van der Waals surface area contributed by atoms with Gasteiger partial charge in [-0.05, 0) is 35.4 Å². The second-order valence-corrected chi connectivity index (χ2v) is 6.72. The number of fused-ring (bicyclic) bond motifs is 2. The zero-order chi connectivity index (χ0) is 15.6. The minimum absolute atomic E-state index is 0.0257. The highest BCUT2D eigenvalue weighted by Gasteiger charge is 2.28. The molecule has 1 aromatic carbocycles. The van der Waals surface area contributed by atoms with Crippen LogP contribution in [0.2, 0.25) is 0 Å². The van der Waals surface area contributed by atoms with Crippen LogP contribution in [0.4, 0.5) is 0 Å². The van der Waals surface area contributed by atoms with Crippen molar-refractivity contribution in [2.24, 2.45) is 0 Å². The van der Waals surface area contributed by atoms with Gasteiger partial charge in [-0.15, -0.1) is 16.4 Å². The molecule has 0 aliphatic carbocycles. The summed E-state index contributed by atoms with van der Waals surface area (Å²) in [6, 6.07) is 7.98. The van der Waals surface area contributed by atoms with Gasteiger partial charge in [-0.25, -0.2) is 9.67 Å². The predicted octanol–water partition coefficient (Wildman–Crippen LogP) is 1.87. The Kier molecular flexibility index (Phi) is 3.74. The van der Waals surface area contributed by atoms with Crippen molar-refractivity contribution in [3.8, 4) is 0 Å². The van der Waals surface area contributed by atoms with Crippen LogP contribution >= 0.6 is 11.3 Å². The Morgan fingerprint density at radius 2 is 2.26 bits per heavy atom. The Balaban J connectivity index is 1.48. The van der Waals surface area contributed by atoms with Gasteiger partial charge in [-0.2, -0.15) is 0 Å². The van der Waals surface area contributed by atoms with Crippen LogP contribution in [0.5, 0.6) is 0 Å². The molecule has 23 heavy (non-hydrogen) atoms. The highest BCUT2D eigenvalue weighted by atomic mass is 32.1. The molecule has 1 unspecified atom stereocenters. The highest BCUT2D eigenvalue weighted by Crippen LogP contribution is 2.25. The normalized spacial score (nSPS) is 17.7. The molecule has 1 aliphatic heterocycles. The van der Waals surface area contributed by atoms with Crippen molar-refractivity contribution in [2.45, 2.75) is 38.3 Å². The van der Waals surface area contributed by atoms with Gasteiger partial charge in [0.15, 0.2) is 5.82 Å². The van der Waals surface area contributed by atoms with Crippen molar-refractivity contribution in [3.05, 3.63) is 35.1 Å². The average Bonchev–Trinajstić information content (AvgIpc) is 3.14. The third-order valence-corrected chi connectivity index (χ3v) is 5.09. The van der Waals surface area contributed by atoms with E-state index in [1.807, 2.05) is 24.3 Å². The minimum Gasteiger partial charge on any atom is -0.349 e. The van der Waals surface area contributed by atoms with Crippen LogP contribution in [0.15, 0.2) is 24.3 Å². The number of hydrogen-bond acceptors (Lipinski definition) is 6. The lowest BCUT2D eigenvalue weighted by atomic mass is 10.0. The van der Waals surface area contributed by atoms with E-state index in [-0.39, 0.29) is 11.8 Å². The first-order valence-corrected chi connectivity index (χ1v) is 8.51. The molecule has 118 valence electrons. The summed E-state index contributed by atoms with van der Waals surface area (Å²) in [7, 11) is 0. The maximum atomic E-state index is 12.6. The third kappa shape index (κ3) is 2.81. The van der Waals surface area contributed by atoms with E-state index in [1.54, 1.807) is 16.0 Å². The smallest absolute Gasteiger partial charge is 0.231 e. The summed E-state index contributed by atoms with van der Waals surface area (Å²) in [6.07, 6.45) is 2.77. The molecule has 1 N–H and O–H groups in total. The first-order chi connectivity index (χ1) is 11.3. The number of nitrogens with one attached hydrogen (secondary N) is 1. The van der Waals surface area contributed by atoms with Crippen LogP contribution < -0.4 is 5.32 Å². The van der Waals surface area contributed by atoms with Crippen molar-refractivity contribution in [2.75, 3.05) is 0 Å². The molecule has 2 aromatic heterocycles. The van der Waals surface area contributed by atoms with Gasteiger partial charge in [-0.1, -0.05) is 18.6 Å². The van der Waals surface area contributed by atoms with E-state index in [0.717, 1.165) is 41.0 Å². The van der Waals surface area contributed by atoms with E-state index in [4.69, 9.17) is 0 Å². The minimum atomic E-state index is -0.276. The Morgan fingerprint density at radius 1 is 1.35 bits per heavy atom. The van der Waals surface area contributed by atoms with E-state index >= 15 is 0 Å². The van der Waals surface area contributed by atoms with Crippen LogP contribution in [0.3, 0.4) is 0 Å². The SMILES string of the molecule is O=C(NCc1nc2ccccc2s1)C1CCCCn2nnnc21. The molecule has 1 amide bonds. The number of thiazole rings is 1. The van der Waals surface area contributed by atoms with Crippen LogP contribution in [0, 0.1) is 0 Å². The Hall–Kier alpha value is -2.35. The van der Waals surface area contributed by atoms with Crippen molar-refractivity contribution < 1.29 is 4.79 Å². The molecule has 4 rings (SSSR count). The second-order valence-electron chi connectivity index (χ2n) is 5.60. The Bertz CT molecular complexity index is 808. The number of carbonyl (C=O) groups is 1. The molecule has 8 heteroatoms. The van der Waals surface area contributed by atoms with Gasteiger partial charge in [0.25, 0.3) is 0 Å². The number of tetrazole rings is 1. The number of amides is 1. The van der Waals surface area contributed by atoms with Gasteiger partial charge < -0.3 is 5.32 Å². The van der Waals surface area contributed by atoms with Crippen molar-refractivity contribution in [1.29, 1.82) is 0 Å². The molecule has 0 fully saturated rings. The van der Waals surface area contributed by atoms with E-state index in [0.29, 0.717) is 12.4 Å². The molecule has 0 spiro atoms. The number of benzene rings is 1. The number of rotatable bonds is 3. The van der Waals surface area contributed by atoms with Crippen molar-refractivity contribution in [1.82, 2.24) is 30.5 Å². The summed E-state index contributed by atoms with van der Waals surface area (Å²) in [5.41, 5.74) is 0.972. The van der Waals surface area contributed by atoms with E-state index in [2.05, 4.69) is 25.8 Å². The lowest BCUT2D eigenvalue weighted by Crippen LogP contribution is -2.30. The second kappa shape index (κ2) is 6.04. The molecule has 1 aliphatic rings. The maximum Gasteiger partial charge on any atom is 0.231 e. The summed E-state index contributed by atoms with van der Waals surface area (Å²) in [4.78, 5) is 17.1. The van der Waals surface area contributed by atoms with Crippen molar-refractivity contribution >= 4 is 27.5 Å². The molecule has 3 heterocycles. The van der Waals surface area contributed by atoms with E-state index < -0.39 is 0 Å². The Morgan fingerprint density at radius 3 is 3.17 bits per heavy atom. The fraction of sp³-hybridized carbons (Fsp3) is 0.400. The van der Waals surface area contributed by atoms with Gasteiger partial charge >= 0.3 is 0 Å². The standard InChI is InChI=1S/C15H16N6OS/c22-15(10-5-3-4-8-21-14(10)18-19-20-21)16-9-13-17-11-6-1-2-7-12(11)23-13/h1-2,6-7,10H,3-5,8-9H2,(H,16,22). The average molecular weight is 328 g/mol. The summed E-state index contributed by atoms with van der Waals surface area (Å²) in [6.45, 7) is 1.22. The molecular weight excluding hydrogens is 312 g/mol. The Labute approximate surface area is 136 Å². The summed E-state index contributed by atoms with van der Waals surface area (Å²) in [5, 5.41) is 15.6. The lowest BCUT2D eigenvalue weighted by molar-refractivity contribution is -0.123. The monoisotopic (exact) mass is 328 g/mol. The maximum absolute atomic E-state index is 12.6. The number of hydrogen-bond donors (Lipinski definition) is 1. The fourth-order valence-electron chi connectivity index (χ4n) is 2.89. The van der Waals surface area contributed by atoms with Crippen LogP contribution in [0.1, 0.15) is 36.0 Å². The topological polar surface area (TPSA) is 85.6 Å². The number of carbonyl (C=O) groups excluding carboxylic acids is 1. The largest absolute Gasteiger partial charge is 0.349 e. The fourth-order valence-corrected chi connectivity index (χ4v) is 3.80. The molecule has 1 atom stereocenters. The first-order valence-electron chi connectivity index (χ1n) is 7.69. The number of para-hydroxylation sites is 1. The highest BCUT2D eigenvalue weighted by molar-refractivity contribution is 7.18. The number of nitrogens with zero attached hydrogens (tertiary/aromatic N) is 5. The molecule has 0 saturated heterocycles. The van der Waals surface area contributed by atoms with Gasteiger partial charge in [0.1, 0.15) is 5.01 Å². The summed E-state index contributed by atoms with van der Waals surface area (Å²) in [5.74, 6) is 0.369. The predicted molar refractivity (Wildman–Crippen MR) is 85.9 cm³/mol. The van der Waals surface area contributed by atoms with Gasteiger partial charge in [0.05, 0.1) is 22.7 Å². The summed E-state index contributed by atoms with van der Waals surface area (Å²) >= 11 is 1.61. The van der Waals surface area contributed by atoms with Crippen molar-refractivity contribution in [3.63, 3.8) is 0 Å². The molecular formula is C15H16N6OS. The van der Waals surface area contributed by atoms with Crippen LogP contribution in [-0.2, 0) is 17.9 Å². The first kappa shape index (κ1) is 14.3. The summed E-state index contributed by atoms with van der Waals surface area (Å²) < 4.78 is 2.88. The van der Waals surface area contributed by atoms with E-state index in [1.165, 1.54) is 0 Å². The molecule has 3 aromatic rings. The lowest BCUT2D eigenvalue weighted by Gasteiger charge is -2.12. The van der Waals surface area contributed by atoms with E-state index in [9.17, 15) is 4.79 Å². The molecule has 7 nitrogen and oxygen atoms in total. The van der Waals surface area contributed by atoms with Gasteiger partial charge in [0.2, 0.25) is 5.91 Å². The number of aromatic nitrogens is 5. The van der Waals surface area contributed by atoms with Gasteiger partial charge in [0, 0.05) is 6.54 Å². The quantitative estimate of drug-likeness (QED) is 0.793. The molecule has 0 bridgehead atoms. The molecule has 0 radical (unpaired) electrons. The van der Waals surface area contributed by atoms with Crippen LogP contribution in [-0.4, -0.2) is 31.1 Å². The zero-order valence-corrected chi connectivity index (χ0v) is 13.3. The zero-order valence-electron chi connectivity index (χ0n) is 12.5. The van der Waals surface area contributed by atoms with Gasteiger partial charge in [-0.3, -0.25) is 4.79 Å².